The highest BCUT2D eigenvalue weighted by molar-refractivity contribution is 6.31. The molecule has 2 aromatic heterocycles. The summed E-state index contributed by atoms with van der Waals surface area (Å²) in [5, 5.41) is 15.0. The first-order valence-corrected chi connectivity index (χ1v) is 11.1. The third-order valence-electron chi connectivity index (χ3n) is 5.10. The van der Waals surface area contributed by atoms with Crippen LogP contribution in [0.2, 0.25) is 5.02 Å². The summed E-state index contributed by atoms with van der Waals surface area (Å²) in [6, 6.07) is 22.5. The standard InChI is InChI=1S/C26H20ClN7O/c1-2-24(35)29-18-7-6-8-19(14-18)30-25-22-13-17(27)11-12-23(22)32-26(33-25)31-20-15-28-34(16-20)21-9-4-3-5-10-21/h2-16H,1H2,(H,29,35)(H2,30,31,32,33). The number of para-hydroxylation sites is 1. The van der Waals surface area contributed by atoms with Crippen molar-refractivity contribution in [2.75, 3.05) is 16.0 Å². The molecular weight excluding hydrogens is 462 g/mol. The zero-order valence-electron chi connectivity index (χ0n) is 18.4. The molecule has 2 heterocycles. The Morgan fingerprint density at radius 2 is 1.74 bits per heavy atom. The quantitative estimate of drug-likeness (QED) is 0.244. The summed E-state index contributed by atoms with van der Waals surface area (Å²) >= 11 is 6.26. The molecule has 3 N–H and O–H groups in total. The van der Waals surface area contributed by atoms with Crippen LogP contribution in [-0.4, -0.2) is 25.7 Å². The van der Waals surface area contributed by atoms with Crippen LogP contribution < -0.4 is 16.0 Å². The van der Waals surface area contributed by atoms with Gasteiger partial charge in [0, 0.05) is 21.8 Å². The van der Waals surface area contributed by atoms with Crippen molar-refractivity contribution in [1.29, 1.82) is 0 Å². The van der Waals surface area contributed by atoms with Crippen LogP contribution in [0.4, 0.5) is 28.8 Å². The molecule has 0 radical (unpaired) electrons. The van der Waals surface area contributed by atoms with Gasteiger partial charge in [0.1, 0.15) is 5.82 Å². The number of hydrogen-bond donors (Lipinski definition) is 3. The second kappa shape index (κ2) is 9.66. The SMILES string of the molecule is C=CC(=O)Nc1cccc(Nc2nc(Nc3cnn(-c4ccccc4)c3)nc3ccc(Cl)cc23)c1. The molecule has 0 spiro atoms. The number of amides is 1. The largest absolute Gasteiger partial charge is 0.339 e. The van der Waals surface area contributed by atoms with E-state index in [0.717, 1.165) is 22.4 Å². The number of aromatic nitrogens is 4. The Labute approximate surface area is 206 Å². The van der Waals surface area contributed by atoms with E-state index < -0.39 is 0 Å². The molecule has 0 bridgehead atoms. The van der Waals surface area contributed by atoms with Gasteiger partial charge < -0.3 is 16.0 Å². The summed E-state index contributed by atoms with van der Waals surface area (Å²) in [5.74, 6) is 0.664. The lowest BCUT2D eigenvalue weighted by atomic mass is 10.2. The van der Waals surface area contributed by atoms with E-state index in [1.54, 1.807) is 35.1 Å². The van der Waals surface area contributed by atoms with Gasteiger partial charge in [-0.15, -0.1) is 0 Å². The van der Waals surface area contributed by atoms with E-state index in [1.165, 1.54) is 6.08 Å². The van der Waals surface area contributed by atoms with Crippen LogP contribution in [0.15, 0.2) is 97.8 Å². The van der Waals surface area contributed by atoms with Crippen LogP contribution in [0.1, 0.15) is 0 Å². The lowest BCUT2D eigenvalue weighted by molar-refractivity contribution is -0.111. The van der Waals surface area contributed by atoms with E-state index in [9.17, 15) is 4.79 Å². The van der Waals surface area contributed by atoms with E-state index in [1.807, 2.05) is 54.7 Å². The Morgan fingerprint density at radius 1 is 0.914 bits per heavy atom. The number of halogens is 1. The molecule has 1 amide bonds. The molecule has 35 heavy (non-hydrogen) atoms. The summed E-state index contributed by atoms with van der Waals surface area (Å²) in [6.45, 7) is 3.48. The second-order valence-corrected chi connectivity index (χ2v) is 8.03. The minimum atomic E-state index is -0.288. The molecule has 8 nitrogen and oxygen atoms in total. The van der Waals surface area contributed by atoms with Gasteiger partial charge >= 0.3 is 0 Å². The predicted molar refractivity (Wildman–Crippen MR) is 140 cm³/mol. The number of carbonyl (C=O) groups is 1. The van der Waals surface area contributed by atoms with E-state index in [4.69, 9.17) is 11.6 Å². The van der Waals surface area contributed by atoms with Crippen molar-refractivity contribution in [2.45, 2.75) is 0 Å². The summed E-state index contributed by atoms with van der Waals surface area (Å²) < 4.78 is 1.77. The van der Waals surface area contributed by atoms with E-state index >= 15 is 0 Å². The van der Waals surface area contributed by atoms with Crippen LogP contribution in [-0.2, 0) is 4.79 Å². The second-order valence-electron chi connectivity index (χ2n) is 7.59. The molecule has 0 saturated heterocycles. The monoisotopic (exact) mass is 481 g/mol. The third-order valence-corrected chi connectivity index (χ3v) is 5.33. The maximum atomic E-state index is 11.7. The number of fused-ring (bicyclic) bond motifs is 1. The first kappa shape index (κ1) is 22.1. The fraction of sp³-hybridized carbons (Fsp3) is 0. The van der Waals surface area contributed by atoms with Gasteiger partial charge in [0.2, 0.25) is 11.9 Å². The highest BCUT2D eigenvalue weighted by Gasteiger charge is 2.11. The molecule has 9 heteroatoms. The molecule has 0 atom stereocenters. The van der Waals surface area contributed by atoms with Crippen LogP contribution in [0.3, 0.4) is 0 Å². The minimum Gasteiger partial charge on any atom is -0.339 e. The van der Waals surface area contributed by atoms with Gasteiger partial charge in [-0.05, 0) is 54.6 Å². The predicted octanol–water partition coefficient (Wildman–Crippen LogP) is 6.08. The first-order valence-electron chi connectivity index (χ1n) is 10.7. The number of nitrogens with one attached hydrogen (secondary N) is 3. The molecule has 0 fully saturated rings. The fourth-order valence-electron chi connectivity index (χ4n) is 3.49. The molecule has 5 aromatic rings. The number of nitrogens with zero attached hydrogens (tertiary/aromatic N) is 4. The molecule has 172 valence electrons. The van der Waals surface area contributed by atoms with Crippen molar-refractivity contribution in [1.82, 2.24) is 19.7 Å². The third kappa shape index (κ3) is 5.13. The maximum Gasteiger partial charge on any atom is 0.247 e. The molecule has 0 aliphatic rings. The highest BCUT2D eigenvalue weighted by Crippen LogP contribution is 2.29. The molecule has 0 aliphatic carbocycles. The molecular formula is C26H20ClN7O. The Bertz CT molecular complexity index is 1530. The van der Waals surface area contributed by atoms with Gasteiger partial charge in [-0.1, -0.05) is 42.4 Å². The van der Waals surface area contributed by atoms with Gasteiger partial charge in [-0.25, -0.2) is 9.67 Å². The topological polar surface area (TPSA) is 96.8 Å². The average Bonchev–Trinajstić information content (AvgIpc) is 3.33. The molecule has 0 unspecified atom stereocenters. The van der Waals surface area contributed by atoms with Crippen molar-refractivity contribution in [3.8, 4) is 5.69 Å². The van der Waals surface area contributed by atoms with E-state index in [0.29, 0.717) is 28.0 Å². The Balaban J connectivity index is 1.47. The van der Waals surface area contributed by atoms with Crippen LogP contribution in [0.25, 0.3) is 16.6 Å². The summed E-state index contributed by atoms with van der Waals surface area (Å²) in [4.78, 5) is 21.0. The lowest BCUT2D eigenvalue weighted by Crippen LogP contribution is -2.07. The zero-order valence-corrected chi connectivity index (χ0v) is 19.2. The number of carbonyl (C=O) groups excluding carboxylic acids is 1. The van der Waals surface area contributed by atoms with Gasteiger partial charge in [0.05, 0.1) is 29.3 Å². The summed E-state index contributed by atoms with van der Waals surface area (Å²) in [7, 11) is 0. The van der Waals surface area contributed by atoms with E-state index in [-0.39, 0.29) is 5.91 Å². The lowest BCUT2D eigenvalue weighted by Gasteiger charge is -2.13. The molecule has 0 aliphatic heterocycles. The zero-order chi connectivity index (χ0) is 24.2. The van der Waals surface area contributed by atoms with Gasteiger partial charge in [-0.2, -0.15) is 10.1 Å². The normalized spacial score (nSPS) is 10.7. The van der Waals surface area contributed by atoms with Crippen molar-refractivity contribution in [2.24, 2.45) is 0 Å². The first-order chi connectivity index (χ1) is 17.1. The molecule has 3 aromatic carbocycles. The van der Waals surface area contributed by atoms with Gasteiger partial charge in [0.15, 0.2) is 0 Å². The number of anilines is 5. The number of benzene rings is 3. The number of rotatable bonds is 7. The van der Waals surface area contributed by atoms with Crippen LogP contribution in [0.5, 0.6) is 0 Å². The van der Waals surface area contributed by atoms with Crippen molar-refractivity contribution >= 4 is 57.2 Å². The number of hydrogen-bond acceptors (Lipinski definition) is 6. The molecule has 0 saturated carbocycles. The summed E-state index contributed by atoms with van der Waals surface area (Å²) in [6.07, 6.45) is 4.79. The Kier molecular flexibility index (Phi) is 6.11. The Hall–Kier alpha value is -4.69. The Morgan fingerprint density at radius 3 is 2.57 bits per heavy atom. The van der Waals surface area contributed by atoms with Crippen molar-refractivity contribution < 1.29 is 4.79 Å². The van der Waals surface area contributed by atoms with Crippen LogP contribution in [0, 0.1) is 0 Å². The van der Waals surface area contributed by atoms with Crippen LogP contribution >= 0.6 is 11.6 Å². The van der Waals surface area contributed by atoms with Crippen molar-refractivity contribution in [3.63, 3.8) is 0 Å². The van der Waals surface area contributed by atoms with Gasteiger partial charge in [0.25, 0.3) is 0 Å². The van der Waals surface area contributed by atoms with E-state index in [2.05, 4.69) is 37.6 Å². The van der Waals surface area contributed by atoms with Gasteiger partial charge in [-0.3, -0.25) is 4.79 Å². The average molecular weight is 482 g/mol. The fourth-order valence-corrected chi connectivity index (χ4v) is 3.67. The smallest absolute Gasteiger partial charge is 0.247 e. The maximum absolute atomic E-state index is 11.7. The highest BCUT2D eigenvalue weighted by atomic mass is 35.5. The minimum absolute atomic E-state index is 0.288. The molecule has 5 rings (SSSR count). The van der Waals surface area contributed by atoms with Crippen molar-refractivity contribution in [3.05, 3.63) is 103 Å². The summed E-state index contributed by atoms with van der Waals surface area (Å²) in [5.41, 5.74) is 3.75.